The molecule has 0 saturated heterocycles. The number of hydrogen-bond acceptors (Lipinski definition) is 4. The molecule has 118 valence electrons. The summed E-state index contributed by atoms with van der Waals surface area (Å²) in [6.07, 6.45) is 3.21. The third kappa shape index (κ3) is 6.19. The number of methoxy groups -OCH3 is 2. The van der Waals surface area contributed by atoms with Crippen LogP contribution in [0.1, 0.15) is 25.8 Å². The Labute approximate surface area is 128 Å². The summed E-state index contributed by atoms with van der Waals surface area (Å²) in [5, 5.41) is 3.37. The molecule has 4 heteroatoms. The third-order valence-electron chi connectivity index (χ3n) is 3.15. The van der Waals surface area contributed by atoms with Crippen LogP contribution in [0.3, 0.4) is 0 Å². The first-order valence-corrected chi connectivity index (χ1v) is 7.45. The molecule has 4 nitrogen and oxygen atoms in total. The van der Waals surface area contributed by atoms with E-state index in [1.54, 1.807) is 14.2 Å². The highest BCUT2D eigenvalue weighted by molar-refractivity contribution is 5.58. The van der Waals surface area contributed by atoms with Crippen LogP contribution in [0, 0.1) is 0 Å². The van der Waals surface area contributed by atoms with E-state index in [2.05, 4.69) is 18.3 Å². The second kappa shape index (κ2) is 10.2. The summed E-state index contributed by atoms with van der Waals surface area (Å²) in [6, 6.07) is 6.02. The Morgan fingerprint density at radius 3 is 2.62 bits per heavy atom. The van der Waals surface area contributed by atoms with Crippen molar-refractivity contribution in [2.75, 3.05) is 40.5 Å². The van der Waals surface area contributed by atoms with Crippen LogP contribution >= 0.6 is 0 Å². The van der Waals surface area contributed by atoms with Gasteiger partial charge in [-0.1, -0.05) is 24.6 Å². The maximum absolute atomic E-state index is 5.61. The zero-order chi connectivity index (χ0) is 15.5. The first-order valence-electron chi connectivity index (χ1n) is 7.45. The lowest BCUT2D eigenvalue weighted by molar-refractivity contribution is 0.200. The second-order valence-electron chi connectivity index (χ2n) is 4.67. The van der Waals surface area contributed by atoms with Crippen LogP contribution in [0.2, 0.25) is 0 Å². The molecule has 0 aliphatic heterocycles. The first kappa shape index (κ1) is 17.5. The highest BCUT2D eigenvalue weighted by Crippen LogP contribution is 2.29. The van der Waals surface area contributed by atoms with E-state index in [1.165, 1.54) is 5.57 Å². The summed E-state index contributed by atoms with van der Waals surface area (Å²) in [5.74, 6) is 1.56. The van der Waals surface area contributed by atoms with Crippen molar-refractivity contribution in [1.29, 1.82) is 0 Å². The van der Waals surface area contributed by atoms with Gasteiger partial charge >= 0.3 is 0 Å². The van der Waals surface area contributed by atoms with E-state index in [9.17, 15) is 0 Å². The first-order chi connectivity index (χ1) is 10.2. The Morgan fingerprint density at radius 1 is 1.19 bits per heavy atom. The smallest absolute Gasteiger partial charge is 0.161 e. The maximum atomic E-state index is 5.61. The standard InChI is InChI=1S/C17H27NO3/c1-5-14(13-18-9-10-19-3)11-15-7-8-16(20-4)17(12-15)21-6-2/h7-8,11-12,18H,5-6,9-10,13H2,1-4H3. The number of rotatable bonds is 10. The van der Waals surface area contributed by atoms with Crippen molar-refractivity contribution < 1.29 is 14.2 Å². The predicted molar refractivity (Wildman–Crippen MR) is 87.2 cm³/mol. The van der Waals surface area contributed by atoms with Gasteiger partial charge in [-0.05, 0) is 31.0 Å². The van der Waals surface area contributed by atoms with E-state index >= 15 is 0 Å². The van der Waals surface area contributed by atoms with E-state index in [0.29, 0.717) is 6.61 Å². The van der Waals surface area contributed by atoms with Gasteiger partial charge in [-0.15, -0.1) is 0 Å². The molecule has 1 aromatic rings. The topological polar surface area (TPSA) is 39.7 Å². The van der Waals surface area contributed by atoms with Crippen molar-refractivity contribution >= 4 is 6.08 Å². The predicted octanol–water partition coefficient (Wildman–Crippen LogP) is 3.12. The van der Waals surface area contributed by atoms with Gasteiger partial charge in [0, 0.05) is 20.2 Å². The summed E-state index contributed by atoms with van der Waals surface area (Å²) < 4.78 is 15.9. The Balaban J connectivity index is 2.77. The Bertz CT molecular complexity index is 444. The molecule has 0 unspecified atom stereocenters. The van der Waals surface area contributed by atoms with Gasteiger partial charge in [0.25, 0.3) is 0 Å². The van der Waals surface area contributed by atoms with Gasteiger partial charge in [-0.3, -0.25) is 0 Å². The normalized spacial score (nSPS) is 11.5. The molecule has 0 aliphatic carbocycles. The van der Waals surface area contributed by atoms with Crippen LogP contribution in [0.15, 0.2) is 23.8 Å². The molecule has 0 fully saturated rings. The molecule has 1 aromatic carbocycles. The van der Waals surface area contributed by atoms with Gasteiger partial charge in [0.2, 0.25) is 0 Å². The SMILES string of the molecule is CCOc1cc(C=C(CC)CNCCOC)ccc1OC. The summed E-state index contributed by atoms with van der Waals surface area (Å²) >= 11 is 0. The summed E-state index contributed by atoms with van der Waals surface area (Å²) in [4.78, 5) is 0. The number of ether oxygens (including phenoxy) is 3. The fraction of sp³-hybridized carbons (Fsp3) is 0.529. The van der Waals surface area contributed by atoms with Crippen LogP contribution in [0.5, 0.6) is 11.5 Å². The molecule has 0 saturated carbocycles. The minimum Gasteiger partial charge on any atom is -0.493 e. The summed E-state index contributed by atoms with van der Waals surface area (Å²) in [5.41, 5.74) is 2.48. The second-order valence-corrected chi connectivity index (χ2v) is 4.67. The molecule has 0 aliphatic rings. The molecule has 1 N–H and O–H groups in total. The minimum atomic E-state index is 0.628. The van der Waals surface area contributed by atoms with Crippen molar-refractivity contribution in [1.82, 2.24) is 5.32 Å². The van der Waals surface area contributed by atoms with Crippen LogP contribution in [0.4, 0.5) is 0 Å². The van der Waals surface area contributed by atoms with E-state index < -0.39 is 0 Å². The molecular weight excluding hydrogens is 266 g/mol. The Kier molecular flexibility index (Phi) is 8.55. The average molecular weight is 293 g/mol. The van der Waals surface area contributed by atoms with Crippen LogP contribution in [-0.2, 0) is 4.74 Å². The minimum absolute atomic E-state index is 0.628. The molecule has 0 bridgehead atoms. The Morgan fingerprint density at radius 2 is 2.00 bits per heavy atom. The zero-order valence-corrected chi connectivity index (χ0v) is 13.6. The van der Waals surface area contributed by atoms with Gasteiger partial charge in [-0.25, -0.2) is 0 Å². The fourth-order valence-corrected chi connectivity index (χ4v) is 1.99. The van der Waals surface area contributed by atoms with Gasteiger partial charge in [0.15, 0.2) is 11.5 Å². The molecule has 0 amide bonds. The Hall–Kier alpha value is -1.52. The van der Waals surface area contributed by atoms with Crippen LogP contribution in [-0.4, -0.2) is 40.5 Å². The van der Waals surface area contributed by atoms with Gasteiger partial charge < -0.3 is 19.5 Å². The van der Waals surface area contributed by atoms with E-state index in [4.69, 9.17) is 14.2 Å². The zero-order valence-electron chi connectivity index (χ0n) is 13.6. The lowest BCUT2D eigenvalue weighted by Gasteiger charge is -2.11. The highest BCUT2D eigenvalue weighted by atomic mass is 16.5. The van der Waals surface area contributed by atoms with Crippen LogP contribution < -0.4 is 14.8 Å². The van der Waals surface area contributed by atoms with E-state index in [-0.39, 0.29) is 0 Å². The van der Waals surface area contributed by atoms with Gasteiger partial charge in [0.1, 0.15) is 0 Å². The highest BCUT2D eigenvalue weighted by Gasteiger charge is 2.05. The molecule has 0 heterocycles. The largest absolute Gasteiger partial charge is 0.493 e. The molecule has 0 spiro atoms. The maximum Gasteiger partial charge on any atom is 0.161 e. The van der Waals surface area contributed by atoms with Crippen molar-refractivity contribution in [3.8, 4) is 11.5 Å². The van der Waals surface area contributed by atoms with E-state index in [1.807, 2.05) is 25.1 Å². The van der Waals surface area contributed by atoms with Crippen molar-refractivity contribution in [3.63, 3.8) is 0 Å². The van der Waals surface area contributed by atoms with Crippen LogP contribution in [0.25, 0.3) is 6.08 Å². The molecule has 0 radical (unpaired) electrons. The molecule has 21 heavy (non-hydrogen) atoms. The van der Waals surface area contributed by atoms with Gasteiger partial charge in [0.05, 0.1) is 20.3 Å². The van der Waals surface area contributed by atoms with Crippen molar-refractivity contribution in [2.24, 2.45) is 0 Å². The molecule has 0 aromatic heterocycles. The fourth-order valence-electron chi connectivity index (χ4n) is 1.99. The number of hydrogen-bond donors (Lipinski definition) is 1. The van der Waals surface area contributed by atoms with Crippen molar-refractivity contribution in [3.05, 3.63) is 29.3 Å². The van der Waals surface area contributed by atoms with E-state index in [0.717, 1.165) is 43.2 Å². The average Bonchev–Trinajstić information content (AvgIpc) is 2.51. The number of benzene rings is 1. The number of nitrogens with one attached hydrogen (secondary N) is 1. The van der Waals surface area contributed by atoms with Crippen molar-refractivity contribution in [2.45, 2.75) is 20.3 Å². The quantitative estimate of drug-likeness (QED) is 0.673. The summed E-state index contributed by atoms with van der Waals surface area (Å²) in [7, 11) is 3.37. The third-order valence-corrected chi connectivity index (χ3v) is 3.15. The summed E-state index contributed by atoms with van der Waals surface area (Å²) in [6.45, 7) is 7.23. The van der Waals surface area contributed by atoms with Gasteiger partial charge in [-0.2, -0.15) is 0 Å². The molecule has 1 rings (SSSR count). The molecular formula is C17H27NO3. The lowest BCUT2D eigenvalue weighted by Crippen LogP contribution is -2.21. The lowest BCUT2D eigenvalue weighted by atomic mass is 10.1. The molecule has 0 atom stereocenters. The monoisotopic (exact) mass is 293 g/mol.